The highest BCUT2D eigenvalue weighted by molar-refractivity contribution is 7.89. The molecule has 0 saturated carbocycles. The summed E-state index contributed by atoms with van der Waals surface area (Å²) >= 11 is 0. The second kappa shape index (κ2) is 10.1. The van der Waals surface area contributed by atoms with E-state index in [1.807, 2.05) is 25.1 Å². The number of nitrogens with zero attached hydrogens (tertiary/aromatic N) is 2. The largest absolute Gasteiger partial charge is 0.495 e. The molecule has 2 aromatic rings. The highest BCUT2D eigenvalue weighted by Gasteiger charge is 2.29. The highest BCUT2D eigenvalue weighted by Crippen LogP contribution is 2.30. The van der Waals surface area contributed by atoms with Crippen LogP contribution in [0.5, 0.6) is 5.75 Å². The Morgan fingerprint density at radius 3 is 2.21 bits per heavy atom. The molecule has 0 aromatic heterocycles. The van der Waals surface area contributed by atoms with Crippen molar-refractivity contribution in [1.29, 1.82) is 0 Å². The summed E-state index contributed by atoms with van der Waals surface area (Å²) in [5.41, 5.74) is 3.27. The third-order valence-electron chi connectivity index (χ3n) is 6.51. The number of anilines is 2. The van der Waals surface area contributed by atoms with E-state index in [0.717, 1.165) is 44.3 Å². The Balaban J connectivity index is 1.56. The Bertz CT molecular complexity index is 1100. The van der Waals surface area contributed by atoms with E-state index in [-0.39, 0.29) is 22.1 Å². The fourth-order valence-electron chi connectivity index (χ4n) is 4.69. The van der Waals surface area contributed by atoms with Gasteiger partial charge < -0.3 is 15.0 Å². The number of carbonyl (C=O) groups is 1. The summed E-state index contributed by atoms with van der Waals surface area (Å²) in [6.07, 6.45) is 6.16. The molecule has 2 fully saturated rings. The first kappa shape index (κ1) is 23.6. The maximum Gasteiger partial charge on any atom is 0.255 e. The summed E-state index contributed by atoms with van der Waals surface area (Å²) in [5, 5.41) is 2.92. The van der Waals surface area contributed by atoms with Gasteiger partial charge in [-0.2, -0.15) is 4.31 Å². The molecule has 2 aliphatic rings. The summed E-state index contributed by atoms with van der Waals surface area (Å²) in [7, 11) is -2.31. The van der Waals surface area contributed by atoms with Crippen molar-refractivity contribution in [1.82, 2.24) is 4.31 Å². The normalized spacial score (nSPS) is 17.6. The van der Waals surface area contributed by atoms with E-state index in [0.29, 0.717) is 18.8 Å². The number of ether oxygens (including phenoxy) is 1. The van der Waals surface area contributed by atoms with Gasteiger partial charge in [-0.25, -0.2) is 8.42 Å². The molecule has 0 bridgehead atoms. The zero-order valence-electron chi connectivity index (χ0n) is 19.5. The monoisotopic (exact) mass is 471 g/mol. The minimum atomic E-state index is -3.76. The van der Waals surface area contributed by atoms with Crippen molar-refractivity contribution in [3.05, 3.63) is 47.5 Å². The van der Waals surface area contributed by atoms with Crippen LogP contribution >= 0.6 is 0 Å². The standard InChI is InChI=1S/C25H33N3O4S/c1-19-17-21(10-11-22(19)27-13-7-8-14-27)26-25(29)20-9-12-23(32-2)24(18-20)33(30,31)28-15-5-3-4-6-16-28/h9-12,17-18H,3-8,13-16H2,1-2H3,(H,26,29). The van der Waals surface area contributed by atoms with Gasteiger partial charge in [0.25, 0.3) is 5.91 Å². The number of nitrogens with one attached hydrogen (secondary N) is 1. The number of hydrogen-bond acceptors (Lipinski definition) is 5. The first-order valence-electron chi connectivity index (χ1n) is 11.8. The molecular weight excluding hydrogens is 438 g/mol. The molecule has 0 atom stereocenters. The molecule has 2 aromatic carbocycles. The van der Waals surface area contributed by atoms with Crippen LogP contribution in [-0.4, -0.2) is 51.9 Å². The summed E-state index contributed by atoms with van der Waals surface area (Å²) in [5.74, 6) is -0.0973. The van der Waals surface area contributed by atoms with Gasteiger partial charge in [-0.05, 0) is 74.6 Å². The molecule has 1 amide bonds. The van der Waals surface area contributed by atoms with E-state index in [1.54, 1.807) is 12.1 Å². The van der Waals surface area contributed by atoms with Gasteiger partial charge in [-0.15, -0.1) is 0 Å². The van der Waals surface area contributed by atoms with E-state index < -0.39 is 10.0 Å². The summed E-state index contributed by atoms with van der Waals surface area (Å²) < 4.78 is 33.6. The molecule has 0 unspecified atom stereocenters. The zero-order valence-corrected chi connectivity index (χ0v) is 20.3. The minimum absolute atomic E-state index is 0.0418. The van der Waals surface area contributed by atoms with Crippen LogP contribution in [0.25, 0.3) is 0 Å². The molecule has 0 aliphatic carbocycles. The van der Waals surface area contributed by atoms with E-state index in [4.69, 9.17) is 4.74 Å². The second-order valence-corrected chi connectivity index (χ2v) is 10.7. The van der Waals surface area contributed by atoms with Crippen LogP contribution in [0.2, 0.25) is 0 Å². The van der Waals surface area contributed by atoms with Gasteiger partial charge in [0, 0.05) is 43.1 Å². The first-order chi connectivity index (χ1) is 15.9. The molecule has 1 N–H and O–H groups in total. The average Bonchev–Trinajstić information content (AvgIpc) is 3.19. The molecule has 7 nitrogen and oxygen atoms in total. The Labute approximate surface area is 196 Å². The Kier molecular flexibility index (Phi) is 7.24. The second-order valence-electron chi connectivity index (χ2n) is 8.83. The maximum atomic E-state index is 13.4. The molecule has 178 valence electrons. The lowest BCUT2D eigenvalue weighted by Crippen LogP contribution is -2.32. The lowest BCUT2D eigenvalue weighted by molar-refractivity contribution is 0.102. The highest BCUT2D eigenvalue weighted by atomic mass is 32.2. The molecule has 2 heterocycles. The van der Waals surface area contributed by atoms with Crippen LogP contribution in [0.3, 0.4) is 0 Å². The third kappa shape index (κ3) is 5.17. The first-order valence-corrected chi connectivity index (χ1v) is 13.2. The number of aryl methyl sites for hydroxylation is 1. The van der Waals surface area contributed by atoms with Crippen molar-refractivity contribution < 1.29 is 17.9 Å². The lowest BCUT2D eigenvalue weighted by Gasteiger charge is -2.22. The van der Waals surface area contributed by atoms with E-state index in [1.165, 1.54) is 36.0 Å². The molecule has 33 heavy (non-hydrogen) atoms. The van der Waals surface area contributed by atoms with E-state index in [2.05, 4.69) is 10.2 Å². The zero-order chi connectivity index (χ0) is 23.4. The SMILES string of the molecule is COc1ccc(C(=O)Nc2ccc(N3CCCC3)c(C)c2)cc1S(=O)(=O)N1CCCCCC1. The molecule has 2 aliphatic heterocycles. The van der Waals surface area contributed by atoms with Crippen LogP contribution < -0.4 is 15.0 Å². The van der Waals surface area contributed by atoms with Crippen molar-refractivity contribution in [2.24, 2.45) is 0 Å². The summed E-state index contributed by atoms with van der Waals surface area (Å²) in [6.45, 7) is 5.15. The third-order valence-corrected chi connectivity index (χ3v) is 8.43. The smallest absolute Gasteiger partial charge is 0.255 e. The van der Waals surface area contributed by atoms with Gasteiger partial charge in [-0.3, -0.25) is 4.79 Å². The van der Waals surface area contributed by atoms with Crippen LogP contribution in [0.4, 0.5) is 11.4 Å². The topological polar surface area (TPSA) is 79.0 Å². The van der Waals surface area contributed by atoms with Crippen molar-refractivity contribution in [2.45, 2.75) is 50.3 Å². The summed E-state index contributed by atoms with van der Waals surface area (Å²) in [4.78, 5) is 15.4. The molecule has 0 spiro atoms. The van der Waals surface area contributed by atoms with E-state index >= 15 is 0 Å². The van der Waals surface area contributed by atoms with Gasteiger partial charge in [-0.1, -0.05) is 12.8 Å². The van der Waals surface area contributed by atoms with Crippen LogP contribution in [0, 0.1) is 6.92 Å². The van der Waals surface area contributed by atoms with Gasteiger partial charge in [0.05, 0.1) is 7.11 Å². The van der Waals surface area contributed by atoms with Crippen molar-refractivity contribution in [3.63, 3.8) is 0 Å². The maximum absolute atomic E-state index is 13.4. The molecule has 2 saturated heterocycles. The fraction of sp³-hybridized carbons (Fsp3) is 0.480. The number of benzene rings is 2. The number of methoxy groups -OCH3 is 1. The molecular formula is C25H33N3O4S. The van der Waals surface area contributed by atoms with Gasteiger partial charge in [0.1, 0.15) is 10.6 Å². The van der Waals surface area contributed by atoms with Gasteiger partial charge in [0.15, 0.2) is 0 Å². The number of hydrogen-bond donors (Lipinski definition) is 1. The molecule has 4 rings (SSSR count). The van der Waals surface area contributed by atoms with Crippen LogP contribution in [0.1, 0.15) is 54.4 Å². The lowest BCUT2D eigenvalue weighted by atomic mass is 10.1. The van der Waals surface area contributed by atoms with Crippen molar-refractivity contribution >= 4 is 27.3 Å². The van der Waals surface area contributed by atoms with E-state index in [9.17, 15) is 13.2 Å². The predicted molar refractivity (Wildman–Crippen MR) is 131 cm³/mol. The minimum Gasteiger partial charge on any atom is -0.495 e. The van der Waals surface area contributed by atoms with Crippen molar-refractivity contribution in [3.8, 4) is 5.75 Å². The molecule has 0 radical (unpaired) electrons. The van der Waals surface area contributed by atoms with Gasteiger partial charge in [0.2, 0.25) is 10.0 Å². The van der Waals surface area contributed by atoms with Crippen molar-refractivity contribution in [2.75, 3.05) is 43.5 Å². The van der Waals surface area contributed by atoms with Crippen LogP contribution in [-0.2, 0) is 10.0 Å². The summed E-state index contributed by atoms with van der Waals surface area (Å²) in [6, 6.07) is 10.5. The number of amides is 1. The molecule has 8 heteroatoms. The number of carbonyl (C=O) groups excluding carboxylic acids is 1. The number of rotatable bonds is 6. The fourth-order valence-corrected chi connectivity index (χ4v) is 6.39. The number of sulfonamides is 1. The average molecular weight is 472 g/mol. The van der Waals surface area contributed by atoms with Gasteiger partial charge >= 0.3 is 0 Å². The van der Waals surface area contributed by atoms with Crippen LogP contribution in [0.15, 0.2) is 41.3 Å². The Morgan fingerprint density at radius 1 is 0.909 bits per heavy atom. The Morgan fingerprint density at radius 2 is 1.58 bits per heavy atom. The predicted octanol–water partition coefficient (Wildman–Crippen LogP) is 4.42. The quantitative estimate of drug-likeness (QED) is 0.675. The Hall–Kier alpha value is -2.58.